The number of hydrogen-bond donors (Lipinski definition) is 1. The molecule has 1 aromatic carbocycles. The quantitative estimate of drug-likeness (QED) is 0.530. The fourth-order valence-electron chi connectivity index (χ4n) is 2.17. The lowest BCUT2D eigenvalue weighted by molar-refractivity contribution is 0.545. The Hall–Kier alpha value is -1.60. The predicted molar refractivity (Wildman–Crippen MR) is 94.9 cm³/mol. The minimum atomic E-state index is 0.251. The Balaban J connectivity index is 2.12. The molecule has 1 N–H and O–H groups in total. The van der Waals surface area contributed by atoms with Crippen molar-refractivity contribution >= 4 is 50.2 Å². The number of hydrogen-bond acceptors (Lipinski definition) is 5. The molecule has 3 aromatic rings. The molecule has 0 unspecified atom stereocenters. The molecule has 0 saturated carbocycles. The Morgan fingerprint density at radius 2 is 2.09 bits per heavy atom. The molecular weight excluding hydrogens is 362 g/mol. The molecule has 0 fully saturated rings. The van der Waals surface area contributed by atoms with Gasteiger partial charge in [-0.2, -0.15) is 5.10 Å². The van der Waals surface area contributed by atoms with Crippen LogP contribution in [0.5, 0.6) is 0 Å². The van der Waals surface area contributed by atoms with E-state index in [4.69, 9.17) is 0 Å². The van der Waals surface area contributed by atoms with Crippen molar-refractivity contribution in [3.05, 3.63) is 34.9 Å². The van der Waals surface area contributed by atoms with E-state index in [2.05, 4.69) is 50.2 Å². The Morgan fingerprint density at radius 1 is 1.27 bits per heavy atom. The molecule has 0 aliphatic carbocycles. The smallest absolute Gasteiger partial charge is 0.191 e. The number of benzene rings is 1. The third kappa shape index (κ3) is 2.96. The second kappa shape index (κ2) is 6.26. The number of halogens is 1. The summed E-state index contributed by atoms with van der Waals surface area (Å²) in [5.41, 5.74) is 1.82. The average molecular weight is 378 g/mol. The molecule has 0 amide bonds. The van der Waals surface area contributed by atoms with Crippen LogP contribution >= 0.6 is 27.7 Å². The van der Waals surface area contributed by atoms with Crippen molar-refractivity contribution in [3.8, 4) is 0 Å². The van der Waals surface area contributed by atoms with Gasteiger partial charge in [0.1, 0.15) is 5.82 Å². The molecule has 0 saturated heterocycles. The first kappa shape index (κ1) is 15.3. The molecule has 5 nitrogen and oxygen atoms in total. The van der Waals surface area contributed by atoms with Crippen LogP contribution in [0.1, 0.15) is 19.9 Å². The van der Waals surface area contributed by atoms with Gasteiger partial charge in [0.15, 0.2) is 10.8 Å². The first-order chi connectivity index (χ1) is 10.6. The minimum Gasteiger partial charge on any atom is -0.339 e. The highest BCUT2D eigenvalue weighted by Gasteiger charge is 2.14. The first-order valence-electron chi connectivity index (χ1n) is 6.90. The summed E-state index contributed by atoms with van der Waals surface area (Å²) >= 11 is 5.01. The Morgan fingerprint density at radius 3 is 2.77 bits per heavy atom. The van der Waals surface area contributed by atoms with Crippen LogP contribution in [0.3, 0.4) is 0 Å². The lowest BCUT2D eigenvalue weighted by Crippen LogP contribution is -2.05. The van der Waals surface area contributed by atoms with Gasteiger partial charge in [-0.15, -0.1) is 0 Å². The van der Waals surface area contributed by atoms with Crippen LogP contribution in [0.25, 0.3) is 11.0 Å². The third-order valence-electron chi connectivity index (χ3n) is 3.19. The van der Waals surface area contributed by atoms with Crippen molar-refractivity contribution < 1.29 is 0 Å². The van der Waals surface area contributed by atoms with Crippen LogP contribution in [-0.4, -0.2) is 26.0 Å². The fraction of sp³-hybridized carbons (Fsp3) is 0.267. The molecule has 0 atom stereocenters. The zero-order valence-corrected chi connectivity index (χ0v) is 14.9. The first-order valence-corrected chi connectivity index (χ1v) is 8.92. The maximum Gasteiger partial charge on any atom is 0.191 e. The van der Waals surface area contributed by atoms with Gasteiger partial charge in [0, 0.05) is 16.2 Å². The van der Waals surface area contributed by atoms with Gasteiger partial charge in [0.2, 0.25) is 0 Å². The summed E-state index contributed by atoms with van der Waals surface area (Å²) < 4.78 is 2.94. The average Bonchev–Trinajstić information content (AvgIpc) is 2.91. The maximum absolute atomic E-state index is 4.60. The molecule has 114 valence electrons. The second-order valence-corrected chi connectivity index (χ2v) is 6.80. The topological polar surface area (TPSA) is 55.6 Å². The summed E-state index contributed by atoms with van der Waals surface area (Å²) in [5.74, 6) is 0.777. The zero-order chi connectivity index (χ0) is 15.7. The van der Waals surface area contributed by atoms with E-state index in [0.717, 1.165) is 32.2 Å². The predicted octanol–water partition coefficient (Wildman–Crippen LogP) is 4.64. The monoisotopic (exact) mass is 377 g/mol. The number of nitrogens with one attached hydrogen (secondary N) is 1. The van der Waals surface area contributed by atoms with E-state index in [1.54, 1.807) is 0 Å². The Bertz CT molecular complexity index is 815. The molecule has 0 radical (unpaired) electrons. The normalized spacial score (nSPS) is 11.3. The van der Waals surface area contributed by atoms with Crippen LogP contribution in [0.15, 0.2) is 40.1 Å². The van der Waals surface area contributed by atoms with Gasteiger partial charge in [-0.3, -0.25) is 0 Å². The highest BCUT2D eigenvalue weighted by Crippen LogP contribution is 2.28. The lowest BCUT2D eigenvalue weighted by Gasteiger charge is -2.10. The summed E-state index contributed by atoms with van der Waals surface area (Å²) in [6, 6.07) is 8.24. The van der Waals surface area contributed by atoms with Crippen molar-refractivity contribution in [1.82, 2.24) is 19.7 Å². The lowest BCUT2D eigenvalue weighted by atomic mass is 10.3. The number of thioether (sulfide) groups is 1. The van der Waals surface area contributed by atoms with Gasteiger partial charge in [-0.1, -0.05) is 33.8 Å². The number of nitrogens with zero attached hydrogens (tertiary/aromatic N) is 4. The summed E-state index contributed by atoms with van der Waals surface area (Å²) in [5, 5.41) is 9.46. The van der Waals surface area contributed by atoms with Crippen LogP contribution in [0, 0.1) is 0 Å². The summed E-state index contributed by atoms with van der Waals surface area (Å²) in [4.78, 5) is 9.19. The summed E-state index contributed by atoms with van der Waals surface area (Å²) in [6.07, 6.45) is 3.79. The van der Waals surface area contributed by atoms with Gasteiger partial charge in [0.05, 0.1) is 11.6 Å². The molecule has 3 rings (SSSR count). The van der Waals surface area contributed by atoms with Crippen LogP contribution in [-0.2, 0) is 0 Å². The maximum atomic E-state index is 4.60. The van der Waals surface area contributed by atoms with E-state index < -0.39 is 0 Å². The number of aromatic nitrogens is 4. The molecule has 2 heterocycles. The second-order valence-electron chi connectivity index (χ2n) is 5.11. The van der Waals surface area contributed by atoms with Gasteiger partial charge in [0.25, 0.3) is 0 Å². The van der Waals surface area contributed by atoms with E-state index in [-0.39, 0.29) is 6.04 Å². The van der Waals surface area contributed by atoms with E-state index in [1.807, 2.05) is 41.4 Å². The number of fused-ring (bicyclic) bond motifs is 1. The molecule has 0 bridgehead atoms. The van der Waals surface area contributed by atoms with E-state index in [1.165, 1.54) is 11.8 Å². The molecule has 0 aliphatic heterocycles. The van der Waals surface area contributed by atoms with Crippen molar-refractivity contribution in [2.45, 2.75) is 25.0 Å². The summed E-state index contributed by atoms with van der Waals surface area (Å²) in [6.45, 7) is 4.18. The highest BCUT2D eigenvalue weighted by atomic mass is 79.9. The van der Waals surface area contributed by atoms with Crippen LogP contribution in [0.2, 0.25) is 0 Å². The van der Waals surface area contributed by atoms with Crippen molar-refractivity contribution in [2.75, 3.05) is 11.6 Å². The molecule has 22 heavy (non-hydrogen) atoms. The van der Waals surface area contributed by atoms with Crippen LogP contribution < -0.4 is 5.32 Å². The highest BCUT2D eigenvalue weighted by molar-refractivity contribution is 9.10. The van der Waals surface area contributed by atoms with Crippen molar-refractivity contribution in [1.29, 1.82) is 0 Å². The van der Waals surface area contributed by atoms with E-state index in [9.17, 15) is 0 Å². The Labute approximate surface area is 141 Å². The fourth-order valence-corrected chi connectivity index (χ4v) is 2.93. The van der Waals surface area contributed by atoms with Gasteiger partial charge >= 0.3 is 0 Å². The van der Waals surface area contributed by atoms with Crippen LogP contribution in [0.4, 0.5) is 11.5 Å². The molecule has 2 aromatic heterocycles. The SMILES string of the molecule is CSc1nc(Nc2cccc(Br)c2)c2cnn(C(C)C)c2n1. The largest absolute Gasteiger partial charge is 0.339 e. The van der Waals surface area contributed by atoms with E-state index >= 15 is 0 Å². The zero-order valence-electron chi connectivity index (χ0n) is 12.5. The number of anilines is 2. The van der Waals surface area contributed by atoms with Crippen molar-refractivity contribution in [2.24, 2.45) is 0 Å². The van der Waals surface area contributed by atoms with Gasteiger partial charge in [-0.25, -0.2) is 14.6 Å². The van der Waals surface area contributed by atoms with Gasteiger partial charge < -0.3 is 5.32 Å². The molecule has 7 heteroatoms. The molecular formula is C15H16BrN5S. The number of rotatable bonds is 4. The molecule has 0 aliphatic rings. The van der Waals surface area contributed by atoms with E-state index in [0.29, 0.717) is 0 Å². The summed E-state index contributed by atoms with van der Waals surface area (Å²) in [7, 11) is 0. The molecule has 0 spiro atoms. The standard InChI is InChI=1S/C15H16BrN5S/c1-9(2)21-14-12(8-17-21)13(19-15(20-14)22-3)18-11-6-4-5-10(16)7-11/h4-9H,1-3H3,(H,18,19,20). The van der Waals surface area contributed by atoms with Crippen molar-refractivity contribution in [3.63, 3.8) is 0 Å². The minimum absolute atomic E-state index is 0.251. The Kier molecular flexibility index (Phi) is 4.35. The van der Waals surface area contributed by atoms with Gasteiger partial charge in [-0.05, 0) is 38.3 Å². The third-order valence-corrected chi connectivity index (χ3v) is 4.23.